The predicted octanol–water partition coefficient (Wildman–Crippen LogP) is 1.24. The Morgan fingerprint density at radius 1 is 1.11 bits per heavy atom. The maximum atomic E-state index is 12.4. The van der Waals surface area contributed by atoms with Gasteiger partial charge in [0, 0.05) is 13.1 Å². The van der Waals surface area contributed by atoms with Gasteiger partial charge in [-0.3, -0.25) is 9.36 Å². The summed E-state index contributed by atoms with van der Waals surface area (Å²) in [7, 11) is -3.57. The van der Waals surface area contributed by atoms with Crippen LogP contribution in [0.4, 0.5) is 0 Å². The van der Waals surface area contributed by atoms with Gasteiger partial charge in [-0.2, -0.15) is 0 Å². The van der Waals surface area contributed by atoms with Gasteiger partial charge in [0.1, 0.15) is 0 Å². The molecule has 1 N–H and O–H groups in total. The molecular formula is C18H17N3O5S. The minimum atomic E-state index is -3.57. The summed E-state index contributed by atoms with van der Waals surface area (Å²) < 4.78 is 38.9. The number of benzene rings is 2. The van der Waals surface area contributed by atoms with Crippen molar-refractivity contribution >= 4 is 20.9 Å². The van der Waals surface area contributed by atoms with Crippen molar-refractivity contribution in [3.05, 3.63) is 64.7 Å². The van der Waals surface area contributed by atoms with Crippen molar-refractivity contribution in [1.29, 1.82) is 0 Å². The number of ether oxygens (including phenoxy) is 2. The largest absolute Gasteiger partial charge is 0.454 e. The van der Waals surface area contributed by atoms with Crippen molar-refractivity contribution in [2.45, 2.75) is 13.1 Å². The first-order chi connectivity index (χ1) is 13.0. The van der Waals surface area contributed by atoms with E-state index in [0.29, 0.717) is 22.4 Å². The molecule has 3 aromatic rings. The van der Waals surface area contributed by atoms with Gasteiger partial charge < -0.3 is 9.47 Å². The molecule has 9 heteroatoms. The Kier molecular flexibility index (Phi) is 4.54. The summed E-state index contributed by atoms with van der Waals surface area (Å²) >= 11 is 0. The third-order valence-electron chi connectivity index (χ3n) is 4.27. The second-order valence-electron chi connectivity index (χ2n) is 6.09. The van der Waals surface area contributed by atoms with Crippen LogP contribution in [0.25, 0.3) is 10.9 Å². The summed E-state index contributed by atoms with van der Waals surface area (Å²) in [5, 5.41) is 0.464. The zero-order valence-corrected chi connectivity index (χ0v) is 15.1. The lowest BCUT2D eigenvalue weighted by molar-refractivity contribution is 0.174. The number of hydrogen-bond acceptors (Lipinski definition) is 6. The maximum absolute atomic E-state index is 12.4. The van der Waals surface area contributed by atoms with E-state index in [0.717, 1.165) is 5.56 Å². The number of nitrogens with one attached hydrogen (secondary N) is 1. The molecule has 2 aromatic carbocycles. The molecule has 0 bridgehead atoms. The SMILES string of the molecule is O=c1c2ccccc2ncn1CCS(=O)(=O)NCc1ccc2c(c1)OCO2. The first kappa shape index (κ1) is 17.5. The van der Waals surface area contributed by atoms with Crippen LogP contribution < -0.4 is 19.8 Å². The van der Waals surface area contributed by atoms with Crippen LogP contribution in [-0.2, 0) is 23.1 Å². The van der Waals surface area contributed by atoms with Gasteiger partial charge in [0.15, 0.2) is 11.5 Å². The van der Waals surface area contributed by atoms with Crippen LogP contribution in [0.1, 0.15) is 5.56 Å². The Morgan fingerprint density at radius 3 is 2.81 bits per heavy atom. The average Bonchev–Trinajstić information content (AvgIpc) is 3.14. The summed E-state index contributed by atoms with van der Waals surface area (Å²) in [4.78, 5) is 16.6. The Hall–Kier alpha value is -2.91. The third kappa shape index (κ3) is 3.79. The van der Waals surface area contributed by atoms with Gasteiger partial charge in [-0.15, -0.1) is 0 Å². The highest BCUT2D eigenvalue weighted by Crippen LogP contribution is 2.32. The van der Waals surface area contributed by atoms with Crippen molar-refractivity contribution in [2.24, 2.45) is 0 Å². The first-order valence-electron chi connectivity index (χ1n) is 8.32. The molecule has 0 fully saturated rings. The van der Waals surface area contributed by atoms with Crippen LogP contribution in [0.15, 0.2) is 53.6 Å². The maximum Gasteiger partial charge on any atom is 0.261 e. The van der Waals surface area contributed by atoms with Crippen LogP contribution in [0, 0.1) is 0 Å². The summed E-state index contributed by atoms with van der Waals surface area (Å²) in [5.41, 5.74) is 1.08. The molecule has 0 amide bonds. The number of sulfonamides is 1. The molecule has 0 saturated heterocycles. The number of aromatic nitrogens is 2. The summed E-state index contributed by atoms with van der Waals surface area (Å²) in [6.07, 6.45) is 1.37. The fourth-order valence-electron chi connectivity index (χ4n) is 2.80. The number of aryl methyl sites for hydroxylation is 1. The molecule has 1 aliphatic heterocycles. The quantitative estimate of drug-likeness (QED) is 0.683. The number of para-hydroxylation sites is 1. The van der Waals surface area contributed by atoms with Crippen LogP contribution in [0.5, 0.6) is 11.5 Å². The first-order valence-corrected chi connectivity index (χ1v) is 9.97. The Morgan fingerprint density at radius 2 is 1.93 bits per heavy atom. The number of rotatable bonds is 6. The van der Waals surface area contributed by atoms with E-state index in [1.54, 1.807) is 42.5 Å². The lowest BCUT2D eigenvalue weighted by Gasteiger charge is -2.09. The Labute approximate surface area is 155 Å². The molecule has 0 atom stereocenters. The molecule has 0 unspecified atom stereocenters. The number of hydrogen-bond donors (Lipinski definition) is 1. The van der Waals surface area contributed by atoms with Crippen molar-refractivity contribution in [1.82, 2.24) is 14.3 Å². The fourth-order valence-corrected chi connectivity index (χ4v) is 3.77. The van der Waals surface area contributed by atoms with E-state index >= 15 is 0 Å². The van der Waals surface area contributed by atoms with E-state index in [-0.39, 0.29) is 31.2 Å². The number of nitrogens with zero attached hydrogens (tertiary/aromatic N) is 2. The molecule has 140 valence electrons. The normalized spacial score (nSPS) is 13.2. The van der Waals surface area contributed by atoms with Gasteiger partial charge in [0.2, 0.25) is 16.8 Å². The van der Waals surface area contributed by atoms with Gasteiger partial charge in [-0.25, -0.2) is 18.1 Å². The smallest absolute Gasteiger partial charge is 0.261 e. The van der Waals surface area contributed by atoms with E-state index in [1.165, 1.54) is 10.9 Å². The van der Waals surface area contributed by atoms with E-state index in [2.05, 4.69) is 9.71 Å². The van der Waals surface area contributed by atoms with Gasteiger partial charge in [0.05, 0.1) is 23.0 Å². The van der Waals surface area contributed by atoms with Crippen LogP contribution >= 0.6 is 0 Å². The molecule has 0 radical (unpaired) electrons. The van der Waals surface area contributed by atoms with E-state index in [4.69, 9.17) is 9.47 Å². The standard InChI is InChI=1S/C18H17N3O5S/c22-18-14-3-1-2-4-15(14)19-11-21(18)7-8-27(23,24)20-10-13-5-6-16-17(9-13)26-12-25-16/h1-6,9,11,20H,7-8,10,12H2. The summed E-state index contributed by atoms with van der Waals surface area (Å²) in [6.45, 7) is 0.316. The van der Waals surface area contributed by atoms with E-state index in [9.17, 15) is 13.2 Å². The molecule has 4 rings (SSSR count). The molecule has 8 nitrogen and oxygen atoms in total. The van der Waals surface area contributed by atoms with Crippen molar-refractivity contribution in [3.63, 3.8) is 0 Å². The summed E-state index contributed by atoms with van der Waals surface area (Å²) in [6, 6.07) is 12.2. The molecule has 1 aromatic heterocycles. The van der Waals surface area contributed by atoms with Crippen molar-refractivity contribution < 1.29 is 17.9 Å². The molecule has 0 aliphatic carbocycles. The van der Waals surface area contributed by atoms with Crippen LogP contribution in [0.3, 0.4) is 0 Å². The predicted molar refractivity (Wildman–Crippen MR) is 99.2 cm³/mol. The summed E-state index contributed by atoms with van der Waals surface area (Å²) in [5.74, 6) is 1.02. The Balaban J connectivity index is 1.42. The topological polar surface area (TPSA) is 99.5 Å². The third-order valence-corrected chi connectivity index (χ3v) is 5.57. The minimum Gasteiger partial charge on any atom is -0.454 e. The zero-order valence-electron chi connectivity index (χ0n) is 14.3. The monoisotopic (exact) mass is 387 g/mol. The molecule has 27 heavy (non-hydrogen) atoms. The van der Waals surface area contributed by atoms with Gasteiger partial charge in [-0.05, 0) is 29.8 Å². The van der Waals surface area contributed by atoms with Crippen LogP contribution in [-0.4, -0.2) is 30.5 Å². The molecule has 1 aliphatic rings. The zero-order chi connectivity index (χ0) is 18.9. The Bertz CT molecular complexity index is 1160. The second kappa shape index (κ2) is 7.01. The van der Waals surface area contributed by atoms with E-state index in [1.807, 2.05) is 0 Å². The van der Waals surface area contributed by atoms with Crippen molar-refractivity contribution in [2.75, 3.05) is 12.5 Å². The van der Waals surface area contributed by atoms with Gasteiger partial charge in [0.25, 0.3) is 5.56 Å². The number of fused-ring (bicyclic) bond motifs is 2. The van der Waals surface area contributed by atoms with E-state index < -0.39 is 10.0 Å². The second-order valence-corrected chi connectivity index (χ2v) is 8.01. The fraction of sp³-hybridized carbons (Fsp3) is 0.222. The van der Waals surface area contributed by atoms with Gasteiger partial charge >= 0.3 is 0 Å². The highest BCUT2D eigenvalue weighted by Gasteiger charge is 2.15. The average molecular weight is 387 g/mol. The van der Waals surface area contributed by atoms with Crippen LogP contribution in [0.2, 0.25) is 0 Å². The van der Waals surface area contributed by atoms with Gasteiger partial charge in [-0.1, -0.05) is 18.2 Å². The minimum absolute atomic E-state index is 0.0210. The molecule has 0 saturated carbocycles. The lowest BCUT2D eigenvalue weighted by Crippen LogP contribution is -2.31. The highest BCUT2D eigenvalue weighted by atomic mass is 32.2. The van der Waals surface area contributed by atoms with Crippen molar-refractivity contribution in [3.8, 4) is 11.5 Å². The highest BCUT2D eigenvalue weighted by molar-refractivity contribution is 7.89. The molecule has 2 heterocycles. The molecule has 0 spiro atoms. The lowest BCUT2D eigenvalue weighted by atomic mass is 10.2. The molecular weight excluding hydrogens is 370 g/mol.